The molecule has 0 amide bonds. The molecule has 0 aliphatic carbocycles. The Balaban J connectivity index is 2.44. The van der Waals surface area contributed by atoms with E-state index in [1.54, 1.807) is 12.1 Å². The zero-order valence-electron chi connectivity index (χ0n) is 11.0. The van der Waals surface area contributed by atoms with Gasteiger partial charge in [0.25, 0.3) is 5.69 Å². The van der Waals surface area contributed by atoms with Crippen molar-refractivity contribution < 1.29 is 14.5 Å². The number of benzene rings is 1. The van der Waals surface area contributed by atoms with E-state index in [0.717, 1.165) is 0 Å². The summed E-state index contributed by atoms with van der Waals surface area (Å²) in [5.41, 5.74) is 0.878. The number of carbonyl (C=O) groups excluding carboxylic acids is 1. The van der Waals surface area contributed by atoms with Gasteiger partial charge in [-0.1, -0.05) is 0 Å². The Labute approximate surface area is 111 Å². The Morgan fingerprint density at radius 2 is 2.26 bits per heavy atom. The molecule has 0 N–H and O–H groups in total. The standard InChI is InChI=1S/C13H16N2O4/c1-9-8-19-6-5-14(9)12-4-3-11(10(2)16)7-13(12)15(17)18/h3-4,7,9H,5-6,8H2,1-2H3. The third-order valence-corrected chi connectivity index (χ3v) is 3.26. The van der Waals surface area contributed by atoms with E-state index in [1.165, 1.54) is 13.0 Å². The largest absolute Gasteiger partial charge is 0.377 e. The fraction of sp³-hybridized carbons (Fsp3) is 0.462. The molecule has 19 heavy (non-hydrogen) atoms. The van der Waals surface area contributed by atoms with E-state index >= 15 is 0 Å². The summed E-state index contributed by atoms with van der Waals surface area (Å²) in [5, 5.41) is 11.2. The summed E-state index contributed by atoms with van der Waals surface area (Å²) < 4.78 is 5.33. The second-order valence-corrected chi connectivity index (χ2v) is 4.63. The fourth-order valence-electron chi connectivity index (χ4n) is 2.22. The predicted molar refractivity (Wildman–Crippen MR) is 70.7 cm³/mol. The van der Waals surface area contributed by atoms with E-state index in [9.17, 15) is 14.9 Å². The number of nitro groups is 1. The highest BCUT2D eigenvalue weighted by molar-refractivity contribution is 5.95. The van der Waals surface area contributed by atoms with Gasteiger partial charge in [-0.2, -0.15) is 0 Å². The Morgan fingerprint density at radius 1 is 1.53 bits per heavy atom. The summed E-state index contributed by atoms with van der Waals surface area (Å²) in [6, 6.07) is 4.71. The van der Waals surface area contributed by atoms with Gasteiger partial charge in [0.2, 0.25) is 0 Å². The quantitative estimate of drug-likeness (QED) is 0.474. The molecule has 1 aliphatic heterocycles. The van der Waals surface area contributed by atoms with Crippen molar-refractivity contribution in [2.75, 3.05) is 24.7 Å². The van der Waals surface area contributed by atoms with E-state index in [4.69, 9.17) is 4.74 Å². The molecule has 1 fully saturated rings. The van der Waals surface area contributed by atoms with Crippen LogP contribution in [-0.2, 0) is 4.74 Å². The topological polar surface area (TPSA) is 72.7 Å². The predicted octanol–water partition coefficient (Wildman–Crippen LogP) is 2.02. The van der Waals surface area contributed by atoms with Gasteiger partial charge < -0.3 is 9.64 Å². The van der Waals surface area contributed by atoms with Crippen molar-refractivity contribution in [1.29, 1.82) is 0 Å². The lowest BCUT2D eigenvalue weighted by molar-refractivity contribution is -0.384. The molecule has 6 heteroatoms. The number of Topliss-reactive ketones (excluding diaryl/α,β-unsaturated/α-hetero) is 1. The lowest BCUT2D eigenvalue weighted by atomic mass is 10.1. The van der Waals surface area contributed by atoms with E-state index in [2.05, 4.69) is 0 Å². The first kappa shape index (κ1) is 13.5. The van der Waals surface area contributed by atoms with Crippen LogP contribution in [0.1, 0.15) is 24.2 Å². The number of anilines is 1. The maximum absolute atomic E-state index is 11.3. The van der Waals surface area contributed by atoms with Crippen LogP contribution < -0.4 is 4.90 Å². The molecule has 1 aliphatic rings. The van der Waals surface area contributed by atoms with Crippen LogP contribution in [0.3, 0.4) is 0 Å². The van der Waals surface area contributed by atoms with E-state index in [1.807, 2.05) is 11.8 Å². The van der Waals surface area contributed by atoms with Gasteiger partial charge in [0.15, 0.2) is 5.78 Å². The first-order chi connectivity index (χ1) is 9.00. The Hall–Kier alpha value is -1.95. The highest BCUT2D eigenvalue weighted by atomic mass is 16.6. The number of ether oxygens (including phenoxy) is 1. The fourth-order valence-corrected chi connectivity index (χ4v) is 2.22. The lowest BCUT2D eigenvalue weighted by Gasteiger charge is -2.34. The first-order valence-electron chi connectivity index (χ1n) is 6.14. The summed E-state index contributed by atoms with van der Waals surface area (Å²) in [4.78, 5) is 24.0. The molecule has 0 bridgehead atoms. The average molecular weight is 264 g/mol. The van der Waals surface area contributed by atoms with E-state index in [-0.39, 0.29) is 17.5 Å². The van der Waals surface area contributed by atoms with Crippen LogP contribution in [0.2, 0.25) is 0 Å². The minimum absolute atomic E-state index is 0.0264. The zero-order chi connectivity index (χ0) is 14.0. The van der Waals surface area contributed by atoms with Gasteiger partial charge in [-0.15, -0.1) is 0 Å². The van der Waals surface area contributed by atoms with Crippen LogP contribution in [0.15, 0.2) is 18.2 Å². The van der Waals surface area contributed by atoms with Crippen LogP contribution >= 0.6 is 0 Å². The Morgan fingerprint density at radius 3 is 2.84 bits per heavy atom. The summed E-state index contributed by atoms with van der Waals surface area (Å²) in [6.45, 7) is 5.07. The second kappa shape index (κ2) is 5.36. The van der Waals surface area contributed by atoms with E-state index in [0.29, 0.717) is 31.0 Å². The highest BCUT2D eigenvalue weighted by Crippen LogP contribution is 2.31. The molecule has 102 valence electrons. The van der Waals surface area contributed by atoms with Crippen molar-refractivity contribution in [3.63, 3.8) is 0 Å². The third kappa shape index (κ3) is 2.73. The SMILES string of the molecule is CC(=O)c1ccc(N2CCOCC2C)c([N+](=O)[O-])c1. The molecule has 1 unspecified atom stereocenters. The van der Waals surface area contributed by atoms with Crippen molar-refractivity contribution in [1.82, 2.24) is 0 Å². The number of nitro benzene ring substituents is 1. The number of ketones is 1. The van der Waals surface area contributed by atoms with Crippen molar-refractivity contribution in [3.05, 3.63) is 33.9 Å². The van der Waals surface area contributed by atoms with Crippen molar-refractivity contribution >= 4 is 17.2 Å². The number of hydrogen-bond donors (Lipinski definition) is 0. The maximum atomic E-state index is 11.3. The van der Waals surface area contributed by atoms with Crippen LogP contribution in [0.25, 0.3) is 0 Å². The smallest absolute Gasteiger partial charge is 0.293 e. The molecule has 0 aromatic heterocycles. The van der Waals surface area contributed by atoms with Crippen molar-refractivity contribution in [3.8, 4) is 0 Å². The van der Waals surface area contributed by atoms with Crippen molar-refractivity contribution in [2.24, 2.45) is 0 Å². The second-order valence-electron chi connectivity index (χ2n) is 4.63. The summed E-state index contributed by atoms with van der Waals surface area (Å²) in [5.74, 6) is -0.176. The molecular formula is C13H16N2O4. The minimum atomic E-state index is -0.441. The first-order valence-corrected chi connectivity index (χ1v) is 6.14. The van der Waals surface area contributed by atoms with Crippen molar-refractivity contribution in [2.45, 2.75) is 19.9 Å². The summed E-state index contributed by atoms with van der Waals surface area (Å²) in [7, 11) is 0. The van der Waals surface area contributed by atoms with Crippen LogP contribution in [0.4, 0.5) is 11.4 Å². The van der Waals surface area contributed by atoms with Gasteiger partial charge in [0.1, 0.15) is 5.69 Å². The molecule has 1 aromatic rings. The lowest BCUT2D eigenvalue weighted by Crippen LogP contribution is -2.44. The molecule has 1 aromatic carbocycles. The van der Waals surface area contributed by atoms with Crippen LogP contribution in [0.5, 0.6) is 0 Å². The maximum Gasteiger partial charge on any atom is 0.293 e. The number of nitrogens with zero attached hydrogens (tertiary/aromatic N) is 2. The van der Waals surface area contributed by atoms with Gasteiger partial charge in [0, 0.05) is 24.2 Å². The number of rotatable bonds is 3. The zero-order valence-corrected chi connectivity index (χ0v) is 11.0. The number of carbonyl (C=O) groups is 1. The van der Waals surface area contributed by atoms with Crippen LogP contribution in [0, 0.1) is 10.1 Å². The monoisotopic (exact) mass is 264 g/mol. The summed E-state index contributed by atoms with van der Waals surface area (Å²) >= 11 is 0. The molecule has 1 heterocycles. The number of morpholine rings is 1. The molecule has 1 atom stereocenters. The third-order valence-electron chi connectivity index (χ3n) is 3.26. The Kier molecular flexibility index (Phi) is 3.80. The van der Waals surface area contributed by atoms with Gasteiger partial charge in [-0.25, -0.2) is 0 Å². The molecule has 0 saturated carbocycles. The minimum Gasteiger partial charge on any atom is -0.377 e. The normalized spacial score (nSPS) is 19.3. The molecule has 0 radical (unpaired) electrons. The van der Waals surface area contributed by atoms with Gasteiger partial charge in [-0.3, -0.25) is 14.9 Å². The average Bonchev–Trinajstić information content (AvgIpc) is 2.38. The molecule has 6 nitrogen and oxygen atoms in total. The highest BCUT2D eigenvalue weighted by Gasteiger charge is 2.26. The molecule has 1 saturated heterocycles. The van der Waals surface area contributed by atoms with Gasteiger partial charge >= 0.3 is 0 Å². The van der Waals surface area contributed by atoms with Gasteiger partial charge in [0.05, 0.1) is 18.1 Å². The summed E-state index contributed by atoms with van der Waals surface area (Å²) in [6.07, 6.45) is 0. The number of hydrogen-bond acceptors (Lipinski definition) is 5. The molecular weight excluding hydrogens is 248 g/mol. The molecule has 0 spiro atoms. The Bertz CT molecular complexity index is 515. The van der Waals surface area contributed by atoms with Gasteiger partial charge in [-0.05, 0) is 26.0 Å². The molecule has 2 rings (SSSR count). The van der Waals surface area contributed by atoms with Crippen LogP contribution in [-0.4, -0.2) is 36.5 Å². The van der Waals surface area contributed by atoms with E-state index < -0.39 is 4.92 Å².